The second-order valence-corrected chi connectivity index (χ2v) is 5.64. The van der Waals surface area contributed by atoms with Gasteiger partial charge in [0, 0.05) is 18.8 Å². The molecule has 0 aliphatic carbocycles. The van der Waals surface area contributed by atoms with E-state index < -0.39 is 0 Å². The number of aromatic nitrogens is 1. The molecule has 0 radical (unpaired) electrons. The van der Waals surface area contributed by atoms with Gasteiger partial charge in [-0.2, -0.15) is 0 Å². The number of aliphatic hydroxyl groups excluding tert-OH is 1. The summed E-state index contributed by atoms with van der Waals surface area (Å²) in [5.41, 5.74) is 1.89. The molecule has 19 heavy (non-hydrogen) atoms. The van der Waals surface area contributed by atoms with E-state index in [1.807, 2.05) is 13.0 Å². The SMILES string of the molecule is CCCC1CCCN(c2ccc(CO)c(C)n2)CC1. The van der Waals surface area contributed by atoms with E-state index in [1.165, 1.54) is 32.1 Å². The van der Waals surface area contributed by atoms with Crippen molar-refractivity contribution in [1.82, 2.24) is 4.98 Å². The standard InChI is InChI=1S/C16H26N2O/c1-3-5-14-6-4-10-18(11-9-14)16-8-7-15(12-19)13(2)17-16/h7-8,14,19H,3-6,9-12H2,1-2H3. The number of aliphatic hydroxyl groups is 1. The molecule has 0 aromatic carbocycles. The van der Waals surface area contributed by atoms with Crippen molar-refractivity contribution in [2.24, 2.45) is 5.92 Å². The molecule has 106 valence electrons. The summed E-state index contributed by atoms with van der Waals surface area (Å²) in [6.07, 6.45) is 6.58. The van der Waals surface area contributed by atoms with Gasteiger partial charge in [0.2, 0.25) is 0 Å². The Balaban J connectivity index is 2.03. The van der Waals surface area contributed by atoms with Crippen LogP contribution in [0.3, 0.4) is 0 Å². The van der Waals surface area contributed by atoms with E-state index >= 15 is 0 Å². The highest BCUT2D eigenvalue weighted by Crippen LogP contribution is 2.25. The zero-order chi connectivity index (χ0) is 13.7. The Labute approximate surface area is 116 Å². The highest BCUT2D eigenvalue weighted by Gasteiger charge is 2.17. The molecule has 1 aromatic rings. The third kappa shape index (κ3) is 3.69. The average molecular weight is 262 g/mol. The maximum absolute atomic E-state index is 9.20. The normalized spacial score (nSPS) is 20.4. The van der Waals surface area contributed by atoms with Gasteiger partial charge in [-0.15, -0.1) is 0 Å². The van der Waals surface area contributed by atoms with Crippen LogP contribution in [0.4, 0.5) is 5.82 Å². The number of rotatable bonds is 4. The van der Waals surface area contributed by atoms with Crippen LogP contribution < -0.4 is 4.90 Å². The summed E-state index contributed by atoms with van der Waals surface area (Å²) in [7, 11) is 0. The fourth-order valence-corrected chi connectivity index (χ4v) is 3.01. The van der Waals surface area contributed by atoms with Crippen LogP contribution in [-0.2, 0) is 6.61 Å². The fraction of sp³-hybridized carbons (Fsp3) is 0.688. The first-order chi connectivity index (χ1) is 9.24. The predicted octanol–water partition coefficient (Wildman–Crippen LogP) is 3.29. The van der Waals surface area contributed by atoms with E-state index in [0.717, 1.165) is 36.1 Å². The Kier molecular flexibility index (Phi) is 5.20. The third-order valence-electron chi connectivity index (χ3n) is 4.22. The molecule has 3 nitrogen and oxygen atoms in total. The van der Waals surface area contributed by atoms with Crippen molar-refractivity contribution in [2.75, 3.05) is 18.0 Å². The second-order valence-electron chi connectivity index (χ2n) is 5.64. The first kappa shape index (κ1) is 14.3. The zero-order valence-electron chi connectivity index (χ0n) is 12.2. The molecule has 3 heteroatoms. The van der Waals surface area contributed by atoms with Crippen molar-refractivity contribution in [3.8, 4) is 0 Å². The van der Waals surface area contributed by atoms with E-state index in [4.69, 9.17) is 0 Å². The number of anilines is 1. The maximum atomic E-state index is 9.20. The van der Waals surface area contributed by atoms with Crippen LogP contribution >= 0.6 is 0 Å². The van der Waals surface area contributed by atoms with Crippen molar-refractivity contribution < 1.29 is 5.11 Å². The number of pyridine rings is 1. The van der Waals surface area contributed by atoms with Crippen molar-refractivity contribution in [2.45, 2.75) is 52.6 Å². The van der Waals surface area contributed by atoms with Crippen LogP contribution in [0.15, 0.2) is 12.1 Å². The topological polar surface area (TPSA) is 36.4 Å². The van der Waals surface area contributed by atoms with Gasteiger partial charge >= 0.3 is 0 Å². The molecular weight excluding hydrogens is 236 g/mol. The third-order valence-corrected chi connectivity index (χ3v) is 4.22. The molecule has 1 atom stereocenters. The Morgan fingerprint density at radius 1 is 1.32 bits per heavy atom. The largest absolute Gasteiger partial charge is 0.392 e. The van der Waals surface area contributed by atoms with Gasteiger partial charge in [-0.05, 0) is 43.7 Å². The second kappa shape index (κ2) is 6.90. The lowest BCUT2D eigenvalue weighted by Gasteiger charge is -2.22. The van der Waals surface area contributed by atoms with E-state index in [1.54, 1.807) is 0 Å². The summed E-state index contributed by atoms with van der Waals surface area (Å²) in [6.45, 7) is 6.58. The van der Waals surface area contributed by atoms with Crippen LogP contribution in [0.2, 0.25) is 0 Å². The number of nitrogens with zero attached hydrogens (tertiary/aromatic N) is 2. The summed E-state index contributed by atoms with van der Waals surface area (Å²) in [4.78, 5) is 7.05. The summed E-state index contributed by atoms with van der Waals surface area (Å²) in [6, 6.07) is 4.06. The Hall–Kier alpha value is -1.09. The van der Waals surface area contributed by atoms with Crippen molar-refractivity contribution in [3.05, 3.63) is 23.4 Å². The molecule has 0 spiro atoms. The highest BCUT2D eigenvalue weighted by atomic mass is 16.3. The summed E-state index contributed by atoms with van der Waals surface area (Å²) >= 11 is 0. The predicted molar refractivity (Wildman–Crippen MR) is 79.4 cm³/mol. The lowest BCUT2D eigenvalue weighted by Crippen LogP contribution is -2.25. The van der Waals surface area contributed by atoms with Gasteiger partial charge in [0.05, 0.1) is 6.61 Å². The molecule has 1 fully saturated rings. The van der Waals surface area contributed by atoms with Gasteiger partial charge in [-0.3, -0.25) is 0 Å². The van der Waals surface area contributed by atoms with Crippen LogP contribution in [0.1, 0.15) is 50.3 Å². The Bertz CT molecular complexity index is 406. The first-order valence-corrected chi connectivity index (χ1v) is 7.57. The minimum atomic E-state index is 0.0810. The first-order valence-electron chi connectivity index (χ1n) is 7.57. The summed E-state index contributed by atoms with van der Waals surface area (Å²) < 4.78 is 0. The Morgan fingerprint density at radius 3 is 2.84 bits per heavy atom. The van der Waals surface area contributed by atoms with Crippen LogP contribution in [0, 0.1) is 12.8 Å². The molecule has 1 saturated heterocycles. The van der Waals surface area contributed by atoms with Crippen LogP contribution in [0.5, 0.6) is 0 Å². The molecule has 1 aliphatic heterocycles. The van der Waals surface area contributed by atoms with E-state index in [9.17, 15) is 5.11 Å². The smallest absolute Gasteiger partial charge is 0.128 e. The molecular formula is C16H26N2O. The van der Waals surface area contributed by atoms with Gasteiger partial charge in [-0.1, -0.05) is 25.8 Å². The Morgan fingerprint density at radius 2 is 2.16 bits per heavy atom. The summed E-state index contributed by atoms with van der Waals surface area (Å²) in [5.74, 6) is 1.97. The molecule has 2 heterocycles. The lowest BCUT2D eigenvalue weighted by atomic mass is 9.96. The molecule has 0 bridgehead atoms. The van der Waals surface area contributed by atoms with Gasteiger partial charge in [0.1, 0.15) is 5.82 Å². The monoisotopic (exact) mass is 262 g/mol. The minimum Gasteiger partial charge on any atom is -0.392 e. The molecule has 1 unspecified atom stereocenters. The van der Waals surface area contributed by atoms with Gasteiger partial charge < -0.3 is 10.0 Å². The maximum Gasteiger partial charge on any atom is 0.128 e. The zero-order valence-corrected chi connectivity index (χ0v) is 12.2. The highest BCUT2D eigenvalue weighted by molar-refractivity contribution is 5.41. The van der Waals surface area contributed by atoms with Crippen molar-refractivity contribution in [1.29, 1.82) is 0 Å². The van der Waals surface area contributed by atoms with Crippen molar-refractivity contribution >= 4 is 5.82 Å². The van der Waals surface area contributed by atoms with E-state index in [0.29, 0.717) is 0 Å². The molecule has 1 N–H and O–H groups in total. The molecule has 1 aromatic heterocycles. The number of hydrogen-bond acceptors (Lipinski definition) is 3. The van der Waals surface area contributed by atoms with Crippen LogP contribution in [-0.4, -0.2) is 23.2 Å². The van der Waals surface area contributed by atoms with Gasteiger partial charge in [0.25, 0.3) is 0 Å². The van der Waals surface area contributed by atoms with Gasteiger partial charge in [0.15, 0.2) is 0 Å². The quantitative estimate of drug-likeness (QED) is 0.904. The number of aryl methyl sites for hydroxylation is 1. The summed E-state index contributed by atoms with van der Waals surface area (Å²) in [5, 5.41) is 9.20. The van der Waals surface area contributed by atoms with E-state index in [-0.39, 0.29) is 6.61 Å². The van der Waals surface area contributed by atoms with Crippen LogP contribution in [0.25, 0.3) is 0 Å². The average Bonchev–Trinajstić information content (AvgIpc) is 2.65. The molecule has 0 amide bonds. The lowest BCUT2D eigenvalue weighted by molar-refractivity contribution is 0.280. The molecule has 2 rings (SSSR count). The molecule has 1 aliphatic rings. The number of hydrogen-bond donors (Lipinski definition) is 1. The molecule has 0 saturated carbocycles. The fourth-order valence-electron chi connectivity index (χ4n) is 3.01. The van der Waals surface area contributed by atoms with E-state index in [2.05, 4.69) is 22.9 Å². The van der Waals surface area contributed by atoms with Gasteiger partial charge in [-0.25, -0.2) is 4.98 Å². The minimum absolute atomic E-state index is 0.0810. The van der Waals surface area contributed by atoms with Crippen molar-refractivity contribution in [3.63, 3.8) is 0 Å².